The highest BCUT2D eigenvalue weighted by atomic mass is 16.6. The Balaban J connectivity index is 2.01. The number of hydrogen-bond acceptors (Lipinski definition) is 4. The van der Waals surface area contributed by atoms with Gasteiger partial charge >= 0.3 is 5.97 Å². The minimum atomic E-state index is -0.519. The van der Waals surface area contributed by atoms with E-state index < -0.39 is 6.10 Å². The van der Waals surface area contributed by atoms with Crippen molar-refractivity contribution in [3.8, 4) is 0 Å². The molecule has 2 aliphatic carbocycles. The SMILES string of the molecule is CC(=O)O[C@H]1C[C@@H](O)[C@H]2O[C@]23C(C)(C)CCC[C@]13C. The van der Waals surface area contributed by atoms with Gasteiger partial charge in [-0.1, -0.05) is 27.2 Å². The normalized spacial score (nSPS) is 50.9. The number of hydrogen-bond donors (Lipinski definition) is 1. The number of carbonyl (C=O) groups excluding carboxylic acids is 1. The summed E-state index contributed by atoms with van der Waals surface area (Å²) in [6, 6.07) is 0. The van der Waals surface area contributed by atoms with Gasteiger partial charge in [-0.15, -0.1) is 0 Å². The van der Waals surface area contributed by atoms with E-state index in [9.17, 15) is 9.90 Å². The van der Waals surface area contributed by atoms with E-state index in [1.165, 1.54) is 6.92 Å². The van der Waals surface area contributed by atoms with E-state index in [0.717, 1.165) is 19.3 Å². The van der Waals surface area contributed by atoms with Crippen LogP contribution in [0.2, 0.25) is 0 Å². The molecule has 0 aromatic heterocycles. The monoisotopic (exact) mass is 268 g/mol. The zero-order valence-electron chi connectivity index (χ0n) is 12.2. The summed E-state index contributed by atoms with van der Waals surface area (Å²) in [6.45, 7) is 8.05. The van der Waals surface area contributed by atoms with Gasteiger partial charge in [0.2, 0.25) is 0 Å². The van der Waals surface area contributed by atoms with Gasteiger partial charge in [0.25, 0.3) is 0 Å². The fraction of sp³-hybridized carbons (Fsp3) is 0.933. The summed E-state index contributed by atoms with van der Waals surface area (Å²) in [5, 5.41) is 10.3. The van der Waals surface area contributed by atoms with E-state index in [1.807, 2.05) is 0 Å². The highest BCUT2D eigenvalue weighted by molar-refractivity contribution is 5.66. The smallest absolute Gasteiger partial charge is 0.302 e. The van der Waals surface area contributed by atoms with Gasteiger partial charge in [-0.05, 0) is 18.3 Å². The maximum absolute atomic E-state index is 11.4. The van der Waals surface area contributed by atoms with Crippen molar-refractivity contribution < 1.29 is 19.4 Å². The molecule has 4 heteroatoms. The Bertz CT molecular complexity index is 418. The van der Waals surface area contributed by atoms with Crippen LogP contribution in [0.5, 0.6) is 0 Å². The Kier molecular flexibility index (Phi) is 2.63. The number of epoxide rings is 1. The van der Waals surface area contributed by atoms with Crippen LogP contribution >= 0.6 is 0 Å². The van der Waals surface area contributed by atoms with Crippen molar-refractivity contribution in [2.75, 3.05) is 0 Å². The molecule has 1 N–H and O–H groups in total. The largest absolute Gasteiger partial charge is 0.462 e. The molecule has 3 aliphatic rings. The first-order chi connectivity index (χ1) is 8.74. The number of aliphatic hydroxyl groups excluding tert-OH is 1. The molecule has 0 unspecified atom stereocenters. The van der Waals surface area contributed by atoms with Crippen LogP contribution in [0, 0.1) is 10.8 Å². The van der Waals surface area contributed by atoms with E-state index in [1.54, 1.807) is 0 Å². The molecule has 3 rings (SSSR count). The lowest BCUT2D eigenvalue weighted by Crippen LogP contribution is -2.62. The van der Waals surface area contributed by atoms with Crippen molar-refractivity contribution in [3.05, 3.63) is 0 Å². The summed E-state index contributed by atoms with van der Waals surface area (Å²) in [5.41, 5.74) is -0.481. The van der Waals surface area contributed by atoms with Gasteiger partial charge in [-0.3, -0.25) is 4.79 Å². The Hall–Kier alpha value is -0.610. The number of esters is 1. The number of rotatable bonds is 1. The molecule has 108 valence electrons. The van der Waals surface area contributed by atoms with Crippen molar-refractivity contribution in [1.82, 2.24) is 0 Å². The van der Waals surface area contributed by atoms with E-state index in [2.05, 4.69) is 20.8 Å². The third-order valence-corrected chi connectivity index (χ3v) is 5.83. The van der Waals surface area contributed by atoms with Gasteiger partial charge in [0.1, 0.15) is 17.8 Å². The molecule has 0 radical (unpaired) electrons. The van der Waals surface area contributed by atoms with Crippen LogP contribution in [-0.4, -0.2) is 35.0 Å². The molecule has 1 aliphatic heterocycles. The van der Waals surface area contributed by atoms with Gasteiger partial charge < -0.3 is 14.6 Å². The average molecular weight is 268 g/mol. The number of carbonyl (C=O) groups is 1. The van der Waals surface area contributed by atoms with Crippen molar-refractivity contribution in [3.63, 3.8) is 0 Å². The second kappa shape index (κ2) is 3.73. The van der Waals surface area contributed by atoms with E-state index in [4.69, 9.17) is 9.47 Å². The van der Waals surface area contributed by atoms with Crippen molar-refractivity contribution in [2.24, 2.45) is 10.8 Å². The molecular weight excluding hydrogens is 244 g/mol. The maximum atomic E-state index is 11.4. The molecule has 3 fully saturated rings. The summed E-state index contributed by atoms with van der Waals surface area (Å²) in [4.78, 5) is 11.4. The Labute approximate surface area is 114 Å². The molecule has 19 heavy (non-hydrogen) atoms. The van der Waals surface area contributed by atoms with Gasteiger partial charge in [-0.25, -0.2) is 0 Å². The van der Waals surface area contributed by atoms with E-state index in [-0.39, 0.29) is 34.6 Å². The van der Waals surface area contributed by atoms with Gasteiger partial charge in [0, 0.05) is 18.8 Å². The molecule has 1 saturated heterocycles. The molecule has 4 nitrogen and oxygen atoms in total. The number of ether oxygens (including phenoxy) is 2. The molecular formula is C15H24O4. The summed E-state index contributed by atoms with van der Waals surface area (Å²) in [7, 11) is 0. The van der Waals surface area contributed by atoms with Crippen LogP contribution in [0.1, 0.15) is 53.4 Å². The van der Waals surface area contributed by atoms with Crippen LogP contribution in [0.25, 0.3) is 0 Å². The average Bonchev–Trinajstić information content (AvgIpc) is 3.01. The first-order valence-corrected chi connectivity index (χ1v) is 7.28. The lowest BCUT2D eigenvalue weighted by molar-refractivity contribution is -0.175. The highest BCUT2D eigenvalue weighted by Gasteiger charge is 2.80. The molecule has 0 amide bonds. The maximum Gasteiger partial charge on any atom is 0.302 e. The highest BCUT2D eigenvalue weighted by Crippen LogP contribution is 2.71. The summed E-state index contributed by atoms with van der Waals surface area (Å²) in [6.07, 6.45) is 2.87. The van der Waals surface area contributed by atoms with Crippen LogP contribution in [0.15, 0.2) is 0 Å². The molecule has 0 bridgehead atoms. The quantitative estimate of drug-likeness (QED) is 0.584. The molecule has 2 saturated carbocycles. The van der Waals surface area contributed by atoms with Crippen LogP contribution in [-0.2, 0) is 14.3 Å². The molecule has 0 aromatic carbocycles. The second-order valence-electron chi connectivity index (χ2n) is 7.33. The lowest BCUT2D eigenvalue weighted by Gasteiger charge is -2.55. The Morgan fingerprint density at radius 2 is 2.00 bits per heavy atom. The Morgan fingerprint density at radius 1 is 1.32 bits per heavy atom. The van der Waals surface area contributed by atoms with Crippen molar-refractivity contribution in [2.45, 2.75) is 77.3 Å². The van der Waals surface area contributed by atoms with Gasteiger partial charge in [-0.2, -0.15) is 0 Å². The second-order valence-corrected chi connectivity index (χ2v) is 7.33. The predicted octanol–water partition coefficient (Wildman–Crippen LogP) is 2.04. The fourth-order valence-electron chi connectivity index (χ4n) is 4.94. The third kappa shape index (κ3) is 1.50. The molecule has 0 aromatic rings. The Morgan fingerprint density at radius 3 is 2.63 bits per heavy atom. The molecule has 1 spiro atoms. The molecule has 1 heterocycles. The lowest BCUT2D eigenvalue weighted by atomic mass is 9.49. The minimum Gasteiger partial charge on any atom is -0.462 e. The standard InChI is InChI=1S/C15H24O4/c1-9(16)18-11-8-10(17)12-15(19-12)13(2,3)6-5-7-14(11,15)4/h10-12,17H,5-8H2,1-4H3/t10-,11+,12-,14-,15+/m1/s1. The van der Waals surface area contributed by atoms with E-state index in [0.29, 0.717) is 6.42 Å². The van der Waals surface area contributed by atoms with E-state index >= 15 is 0 Å². The summed E-state index contributed by atoms with van der Waals surface area (Å²) >= 11 is 0. The summed E-state index contributed by atoms with van der Waals surface area (Å²) < 4.78 is 11.6. The first kappa shape index (κ1) is 13.4. The van der Waals surface area contributed by atoms with Crippen LogP contribution in [0.4, 0.5) is 0 Å². The first-order valence-electron chi connectivity index (χ1n) is 7.28. The molecule has 5 atom stereocenters. The van der Waals surface area contributed by atoms with Gasteiger partial charge in [0.15, 0.2) is 0 Å². The minimum absolute atomic E-state index is 0.0183. The van der Waals surface area contributed by atoms with Crippen LogP contribution < -0.4 is 0 Å². The summed E-state index contributed by atoms with van der Waals surface area (Å²) in [5.74, 6) is -0.268. The number of aliphatic hydroxyl groups is 1. The third-order valence-electron chi connectivity index (χ3n) is 5.83. The van der Waals surface area contributed by atoms with Gasteiger partial charge in [0.05, 0.1) is 6.10 Å². The predicted molar refractivity (Wildman–Crippen MR) is 69.5 cm³/mol. The topological polar surface area (TPSA) is 59.1 Å². The fourth-order valence-corrected chi connectivity index (χ4v) is 4.94. The zero-order chi connectivity index (χ0) is 14.1. The zero-order valence-corrected chi connectivity index (χ0v) is 12.2. The van der Waals surface area contributed by atoms with Crippen molar-refractivity contribution in [1.29, 1.82) is 0 Å². The van der Waals surface area contributed by atoms with Crippen LogP contribution in [0.3, 0.4) is 0 Å². The van der Waals surface area contributed by atoms with Crippen molar-refractivity contribution >= 4 is 5.97 Å².